The number of nitrogens with zero attached hydrogens (tertiary/aromatic N) is 6. The third kappa shape index (κ3) is 6.45. The molecule has 1 saturated heterocycles. The first-order valence-electron chi connectivity index (χ1n) is 14.2. The van der Waals surface area contributed by atoms with E-state index in [-0.39, 0.29) is 6.04 Å². The highest BCUT2D eigenvalue weighted by atomic mass is 19.4. The minimum absolute atomic E-state index is 0.0406. The summed E-state index contributed by atoms with van der Waals surface area (Å²) in [4.78, 5) is 28.2. The number of carbonyl (C=O) groups excluding carboxylic acids is 1. The van der Waals surface area contributed by atoms with E-state index in [4.69, 9.17) is 4.98 Å². The molecule has 1 aliphatic heterocycles. The molecule has 2 fully saturated rings. The van der Waals surface area contributed by atoms with Gasteiger partial charge >= 0.3 is 6.18 Å². The van der Waals surface area contributed by atoms with Gasteiger partial charge in [-0.25, -0.2) is 4.98 Å². The van der Waals surface area contributed by atoms with Crippen molar-refractivity contribution >= 4 is 16.9 Å². The van der Waals surface area contributed by atoms with Crippen LogP contribution in [0.2, 0.25) is 0 Å². The summed E-state index contributed by atoms with van der Waals surface area (Å²) in [7, 11) is 0. The van der Waals surface area contributed by atoms with Crippen molar-refractivity contribution in [2.24, 2.45) is 11.8 Å². The average Bonchev–Trinajstić information content (AvgIpc) is 3.27. The highest BCUT2D eigenvalue weighted by Gasteiger charge is 2.35. The number of hydrogen-bond acceptors (Lipinski definition) is 5. The zero-order valence-corrected chi connectivity index (χ0v) is 23.2. The second-order valence-corrected chi connectivity index (χ2v) is 11.5. The van der Waals surface area contributed by atoms with Crippen LogP contribution in [0.4, 0.5) is 13.2 Å². The van der Waals surface area contributed by atoms with Gasteiger partial charge in [-0.15, -0.1) is 0 Å². The summed E-state index contributed by atoms with van der Waals surface area (Å²) in [6, 6.07) is 10.3. The Labute approximate surface area is 236 Å². The van der Waals surface area contributed by atoms with E-state index in [1.807, 2.05) is 23.0 Å². The molecule has 11 heteroatoms. The molecule has 3 unspecified atom stereocenters. The van der Waals surface area contributed by atoms with Crippen LogP contribution >= 0.6 is 0 Å². The molecular formula is C30H34F3N7O. The lowest BCUT2D eigenvalue weighted by molar-refractivity contribution is -0.162. The summed E-state index contributed by atoms with van der Waals surface area (Å²) in [6.45, 7) is 6.95. The Balaban J connectivity index is 1.09. The van der Waals surface area contributed by atoms with Crippen molar-refractivity contribution in [3.8, 4) is 11.1 Å². The number of rotatable bonds is 8. The molecule has 2 aliphatic rings. The number of amides is 1. The lowest BCUT2D eigenvalue weighted by atomic mass is 10.1. The largest absolute Gasteiger partial charge is 0.397 e. The van der Waals surface area contributed by atoms with Gasteiger partial charge < -0.3 is 9.88 Å². The van der Waals surface area contributed by atoms with E-state index in [9.17, 15) is 18.0 Å². The van der Waals surface area contributed by atoms with Gasteiger partial charge in [0.15, 0.2) is 0 Å². The van der Waals surface area contributed by atoms with Gasteiger partial charge in [-0.1, -0.05) is 13.0 Å². The molecule has 3 aromatic heterocycles. The van der Waals surface area contributed by atoms with Crippen molar-refractivity contribution in [2.75, 3.05) is 26.2 Å². The smallest absolute Gasteiger partial charge is 0.342 e. The quantitative estimate of drug-likeness (QED) is 0.317. The normalized spacial score (nSPS) is 20.5. The van der Waals surface area contributed by atoms with Crippen LogP contribution in [0.15, 0.2) is 48.9 Å². The molecule has 1 saturated carbocycles. The minimum atomic E-state index is -4.48. The van der Waals surface area contributed by atoms with Gasteiger partial charge in [-0.2, -0.15) is 18.3 Å². The van der Waals surface area contributed by atoms with Crippen molar-refractivity contribution in [3.05, 3.63) is 66.0 Å². The molecule has 1 N–H and O–H groups in total. The van der Waals surface area contributed by atoms with Crippen LogP contribution in [-0.2, 0) is 17.8 Å². The number of nitrogens with one attached hydrogen (secondary N) is 1. The zero-order valence-electron chi connectivity index (χ0n) is 23.2. The van der Waals surface area contributed by atoms with Crippen molar-refractivity contribution in [1.29, 1.82) is 0 Å². The van der Waals surface area contributed by atoms with E-state index in [1.165, 1.54) is 11.3 Å². The van der Waals surface area contributed by atoms with Crippen molar-refractivity contribution in [2.45, 2.75) is 51.9 Å². The maximum Gasteiger partial charge on any atom is 0.397 e. The maximum atomic E-state index is 12.6. The molecule has 6 rings (SSSR count). The Kier molecular flexibility index (Phi) is 7.31. The Hall–Kier alpha value is -3.73. The van der Waals surface area contributed by atoms with E-state index in [0.29, 0.717) is 32.6 Å². The van der Waals surface area contributed by atoms with Crippen LogP contribution in [0, 0.1) is 11.8 Å². The summed E-state index contributed by atoms with van der Waals surface area (Å²) in [5, 5.41) is 4.55. The molecule has 0 bridgehead atoms. The molecule has 216 valence electrons. The summed E-state index contributed by atoms with van der Waals surface area (Å²) in [5.41, 5.74) is 5.99. The fourth-order valence-corrected chi connectivity index (χ4v) is 5.71. The fraction of sp³-hybridized carbons (Fsp3) is 0.467. The predicted molar refractivity (Wildman–Crippen MR) is 149 cm³/mol. The molecule has 1 aliphatic carbocycles. The standard InChI is InChI=1S/C30H34F3N7O/c1-19-11-23(19)17-40-18-24(16-35-40)22-3-4-26-27(13-22)37-28(36-26)14-25-12-21(5-6-34-25)20(2)38-7-9-39(10-8-38)29(41)15-30(31,32)33/h3-6,12-13,16,18-20,23H,7-11,14-15,17H2,1-2H3,(H,36,37). The highest BCUT2D eigenvalue weighted by molar-refractivity contribution is 5.81. The first kappa shape index (κ1) is 27.4. The van der Waals surface area contributed by atoms with Crippen LogP contribution in [0.1, 0.15) is 49.8 Å². The number of aromatic nitrogens is 5. The van der Waals surface area contributed by atoms with Gasteiger partial charge in [0.1, 0.15) is 12.2 Å². The number of carbonyl (C=O) groups is 1. The number of H-pyrrole nitrogens is 1. The number of imidazole rings is 1. The Morgan fingerprint density at radius 1 is 1.12 bits per heavy atom. The van der Waals surface area contributed by atoms with Crippen LogP contribution in [0.25, 0.3) is 22.2 Å². The van der Waals surface area contributed by atoms with Gasteiger partial charge in [0.05, 0.1) is 17.2 Å². The SMILES string of the molecule is CC1CC1Cn1cc(-c2ccc3nc(Cc4cc(C(C)N5CCN(C(=O)CC(F)(F)F)CC5)ccn4)[nH]c3c2)cn1. The fourth-order valence-electron chi connectivity index (χ4n) is 5.71. The Bertz CT molecular complexity index is 1540. The monoisotopic (exact) mass is 565 g/mol. The molecule has 1 amide bonds. The molecule has 41 heavy (non-hydrogen) atoms. The van der Waals surface area contributed by atoms with Crippen LogP contribution in [-0.4, -0.2) is 72.8 Å². The van der Waals surface area contributed by atoms with E-state index in [2.05, 4.69) is 58.2 Å². The first-order chi connectivity index (χ1) is 19.6. The highest BCUT2D eigenvalue weighted by Crippen LogP contribution is 2.39. The lowest BCUT2D eigenvalue weighted by Gasteiger charge is -2.38. The second kappa shape index (κ2) is 10.9. The molecule has 4 aromatic rings. The minimum Gasteiger partial charge on any atom is -0.342 e. The molecular weight excluding hydrogens is 531 g/mol. The molecule has 1 aromatic carbocycles. The Morgan fingerprint density at radius 2 is 1.90 bits per heavy atom. The maximum absolute atomic E-state index is 12.6. The van der Waals surface area contributed by atoms with E-state index in [0.717, 1.165) is 57.6 Å². The topological polar surface area (TPSA) is 82.9 Å². The van der Waals surface area contributed by atoms with Crippen LogP contribution < -0.4 is 0 Å². The van der Waals surface area contributed by atoms with Gasteiger partial charge in [-0.3, -0.25) is 19.4 Å². The molecule has 3 atom stereocenters. The third-order valence-electron chi connectivity index (χ3n) is 8.43. The third-order valence-corrected chi connectivity index (χ3v) is 8.43. The average molecular weight is 566 g/mol. The number of aromatic amines is 1. The van der Waals surface area contributed by atoms with Crippen LogP contribution in [0.3, 0.4) is 0 Å². The van der Waals surface area contributed by atoms with E-state index < -0.39 is 18.5 Å². The van der Waals surface area contributed by atoms with Gasteiger partial charge in [-0.05, 0) is 60.6 Å². The van der Waals surface area contributed by atoms with Gasteiger partial charge in [0.2, 0.25) is 5.91 Å². The summed E-state index contributed by atoms with van der Waals surface area (Å²) in [6.07, 6.45) is 1.76. The van der Waals surface area contributed by atoms with E-state index >= 15 is 0 Å². The molecule has 0 radical (unpaired) electrons. The number of benzene rings is 1. The number of hydrogen-bond donors (Lipinski definition) is 1. The van der Waals surface area contributed by atoms with Crippen molar-refractivity contribution in [1.82, 2.24) is 34.5 Å². The molecule has 4 heterocycles. The lowest BCUT2D eigenvalue weighted by Crippen LogP contribution is -2.50. The zero-order chi connectivity index (χ0) is 28.7. The van der Waals surface area contributed by atoms with Crippen LogP contribution in [0.5, 0.6) is 0 Å². The number of fused-ring (bicyclic) bond motifs is 1. The summed E-state index contributed by atoms with van der Waals surface area (Å²) >= 11 is 0. The second-order valence-electron chi connectivity index (χ2n) is 11.5. The van der Waals surface area contributed by atoms with Crippen molar-refractivity contribution < 1.29 is 18.0 Å². The van der Waals surface area contributed by atoms with Crippen molar-refractivity contribution in [3.63, 3.8) is 0 Å². The van der Waals surface area contributed by atoms with Gasteiger partial charge in [0, 0.05) is 68.8 Å². The predicted octanol–water partition coefficient (Wildman–Crippen LogP) is 5.23. The number of halogens is 3. The van der Waals surface area contributed by atoms with Gasteiger partial charge in [0.25, 0.3) is 0 Å². The van der Waals surface area contributed by atoms with E-state index in [1.54, 1.807) is 6.20 Å². The number of alkyl halides is 3. The molecule has 8 nitrogen and oxygen atoms in total. The Morgan fingerprint density at radius 3 is 2.63 bits per heavy atom. The number of pyridine rings is 1. The summed E-state index contributed by atoms with van der Waals surface area (Å²) < 4.78 is 39.9. The molecule has 0 spiro atoms. The first-order valence-corrected chi connectivity index (χ1v) is 14.2. The number of piperazine rings is 1. The summed E-state index contributed by atoms with van der Waals surface area (Å²) in [5.74, 6) is 1.50.